The Morgan fingerprint density at radius 3 is 2.88 bits per heavy atom. The van der Waals surface area contributed by atoms with E-state index < -0.39 is 0 Å². The van der Waals surface area contributed by atoms with Gasteiger partial charge < -0.3 is 0 Å². The summed E-state index contributed by atoms with van der Waals surface area (Å²) in [5.41, 5.74) is 1.14. The summed E-state index contributed by atoms with van der Waals surface area (Å²) < 4.78 is 1.30. The Labute approximate surface area is 110 Å². The molecule has 1 saturated carbocycles. The van der Waals surface area contributed by atoms with E-state index in [9.17, 15) is 0 Å². The molecule has 0 aliphatic heterocycles. The van der Waals surface area contributed by atoms with E-state index in [4.69, 9.17) is 10.1 Å². The zero-order valence-electron chi connectivity index (χ0n) is 9.63. The Bertz CT molecular complexity index is 476. The zero-order chi connectivity index (χ0) is 11.7. The number of hydrogen-bond acceptors (Lipinski definition) is 4. The molecule has 3 rings (SSSR count). The van der Waals surface area contributed by atoms with Crippen LogP contribution >= 0.6 is 23.3 Å². The summed E-state index contributed by atoms with van der Waals surface area (Å²) in [4.78, 5) is 4.78. The molecule has 2 N–H and O–H groups in total. The average Bonchev–Trinajstić information content (AvgIpc) is 2.82. The molecule has 0 saturated heterocycles. The number of thiazole rings is 1. The minimum atomic E-state index is 0.560. The molecule has 0 radical (unpaired) electrons. The first kappa shape index (κ1) is 11.5. The normalized spacial score (nSPS) is 25.2. The molecule has 1 heterocycles. The van der Waals surface area contributed by atoms with Crippen LogP contribution in [-0.2, 0) is 0 Å². The Morgan fingerprint density at radius 2 is 2.06 bits per heavy atom. The predicted molar refractivity (Wildman–Crippen MR) is 76.4 cm³/mol. The van der Waals surface area contributed by atoms with Crippen LogP contribution in [0, 0.1) is 0 Å². The molecule has 1 aromatic heterocycles. The molecule has 0 spiro atoms. The molecule has 1 aliphatic rings. The van der Waals surface area contributed by atoms with Crippen LogP contribution < -0.4 is 5.14 Å². The highest BCUT2D eigenvalue weighted by molar-refractivity contribution is 7.97. The van der Waals surface area contributed by atoms with Gasteiger partial charge in [0.1, 0.15) is 0 Å². The van der Waals surface area contributed by atoms with Gasteiger partial charge in [-0.2, -0.15) is 0 Å². The zero-order valence-corrected chi connectivity index (χ0v) is 11.3. The fourth-order valence-electron chi connectivity index (χ4n) is 2.59. The van der Waals surface area contributed by atoms with Gasteiger partial charge in [0.15, 0.2) is 0 Å². The lowest BCUT2D eigenvalue weighted by Crippen LogP contribution is -2.21. The number of para-hydroxylation sites is 1. The van der Waals surface area contributed by atoms with Crippen LogP contribution in [0.2, 0.25) is 0 Å². The molecule has 1 aromatic carbocycles. The Kier molecular flexibility index (Phi) is 3.36. The molecule has 90 valence electrons. The minimum absolute atomic E-state index is 0.560. The van der Waals surface area contributed by atoms with Crippen molar-refractivity contribution in [2.45, 2.75) is 36.9 Å². The number of nitrogens with two attached hydrogens (primary N) is 1. The second-order valence-electron chi connectivity index (χ2n) is 4.59. The number of benzene rings is 1. The third-order valence-electron chi connectivity index (χ3n) is 3.50. The molecule has 2 nitrogen and oxygen atoms in total. The molecule has 2 atom stereocenters. The molecule has 17 heavy (non-hydrogen) atoms. The van der Waals surface area contributed by atoms with E-state index in [0.29, 0.717) is 11.2 Å². The quantitative estimate of drug-likeness (QED) is 0.835. The number of aromatic nitrogens is 1. The van der Waals surface area contributed by atoms with Gasteiger partial charge in [-0.05, 0) is 25.0 Å². The standard InChI is InChI=1S/C13H16N2S2/c14-17-11-7-3-1-5-9(11)13-15-10-6-2-4-8-12(10)16-13/h2,4,6,8-9,11H,1,3,5,7,14H2. The largest absolute Gasteiger partial charge is 0.278 e. The summed E-state index contributed by atoms with van der Waals surface area (Å²) in [6.07, 6.45) is 5.12. The summed E-state index contributed by atoms with van der Waals surface area (Å²) in [6, 6.07) is 8.40. The van der Waals surface area contributed by atoms with Gasteiger partial charge >= 0.3 is 0 Å². The molecule has 1 fully saturated rings. The van der Waals surface area contributed by atoms with E-state index in [1.54, 1.807) is 0 Å². The van der Waals surface area contributed by atoms with E-state index in [0.717, 1.165) is 5.52 Å². The summed E-state index contributed by atoms with van der Waals surface area (Å²) in [6.45, 7) is 0. The van der Waals surface area contributed by atoms with Crippen molar-refractivity contribution < 1.29 is 0 Å². The highest BCUT2D eigenvalue weighted by atomic mass is 32.2. The highest BCUT2D eigenvalue weighted by Gasteiger charge is 2.28. The summed E-state index contributed by atoms with van der Waals surface area (Å²) in [7, 11) is 0. The Morgan fingerprint density at radius 1 is 1.24 bits per heavy atom. The van der Waals surface area contributed by atoms with Crippen LogP contribution in [0.15, 0.2) is 24.3 Å². The van der Waals surface area contributed by atoms with Crippen molar-refractivity contribution in [2.24, 2.45) is 5.14 Å². The van der Waals surface area contributed by atoms with Gasteiger partial charge in [0, 0.05) is 11.2 Å². The van der Waals surface area contributed by atoms with Crippen molar-refractivity contribution in [3.63, 3.8) is 0 Å². The highest BCUT2D eigenvalue weighted by Crippen LogP contribution is 2.40. The SMILES string of the molecule is NSC1CCCCC1c1nc2ccccc2s1. The summed E-state index contributed by atoms with van der Waals surface area (Å²) >= 11 is 3.37. The van der Waals surface area contributed by atoms with Gasteiger partial charge in [0.05, 0.1) is 15.2 Å². The maximum Gasteiger partial charge on any atom is 0.0981 e. The maximum atomic E-state index is 5.82. The van der Waals surface area contributed by atoms with Crippen LogP contribution in [-0.4, -0.2) is 10.2 Å². The van der Waals surface area contributed by atoms with Gasteiger partial charge in [-0.15, -0.1) is 11.3 Å². The molecule has 2 aromatic rings. The fraction of sp³-hybridized carbons (Fsp3) is 0.462. The monoisotopic (exact) mass is 264 g/mol. The average molecular weight is 264 g/mol. The first-order valence-electron chi connectivity index (χ1n) is 6.09. The van der Waals surface area contributed by atoms with Crippen LogP contribution in [0.5, 0.6) is 0 Å². The molecule has 0 bridgehead atoms. The van der Waals surface area contributed by atoms with Crippen molar-refractivity contribution in [1.82, 2.24) is 4.98 Å². The van der Waals surface area contributed by atoms with Gasteiger partial charge in [-0.1, -0.05) is 36.9 Å². The van der Waals surface area contributed by atoms with Crippen LogP contribution in [0.3, 0.4) is 0 Å². The summed E-state index contributed by atoms with van der Waals surface area (Å²) in [5, 5.41) is 7.66. The van der Waals surface area contributed by atoms with Crippen molar-refractivity contribution in [3.8, 4) is 0 Å². The van der Waals surface area contributed by atoms with Crippen molar-refractivity contribution in [2.75, 3.05) is 0 Å². The maximum absolute atomic E-state index is 5.82. The van der Waals surface area contributed by atoms with Gasteiger partial charge in [-0.3, -0.25) is 5.14 Å². The lowest BCUT2D eigenvalue weighted by Gasteiger charge is -2.27. The molecule has 0 amide bonds. The Hall–Kier alpha value is -0.580. The lowest BCUT2D eigenvalue weighted by atomic mass is 9.89. The van der Waals surface area contributed by atoms with E-state index in [1.165, 1.54) is 47.3 Å². The molecule has 2 unspecified atom stereocenters. The first-order chi connectivity index (χ1) is 8.38. The van der Waals surface area contributed by atoms with Crippen molar-refractivity contribution in [3.05, 3.63) is 29.3 Å². The molecule has 1 aliphatic carbocycles. The van der Waals surface area contributed by atoms with E-state index in [1.807, 2.05) is 11.3 Å². The predicted octanol–water partition coefficient (Wildman–Crippen LogP) is 3.93. The Balaban J connectivity index is 1.96. The van der Waals surface area contributed by atoms with E-state index >= 15 is 0 Å². The number of rotatable bonds is 2. The van der Waals surface area contributed by atoms with Crippen LogP contribution in [0.1, 0.15) is 36.6 Å². The third-order valence-corrected chi connectivity index (χ3v) is 5.59. The third kappa shape index (κ3) is 2.21. The van der Waals surface area contributed by atoms with Gasteiger partial charge in [-0.25, -0.2) is 4.98 Å². The fourth-order valence-corrected chi connectivity index (χ4v) is 4.60. The molecule has 4 heteroatoms. The summed E-state index contributed by atoms with van der Waals surface area (Å²) in [5.74, 6) is 0.566. The van der Waals surface area contributed by atoms with E-state index in [2.05, 4.69) is 24.3 Å². The lowest BCUT2D eigenvalue weighted by molar-refractivity contribution is 0.455. The minimum Gasteiger partial charge on any atom is -0.278 e. The van der Waals surface area contributed by atoms with Crippen LogP contribution in [0.4, 0.5) is 0 Å². The van der Waals surface area contributed by atoms with Crippen LogP contribution in [0.25, 0.3) is 10.2 Å². The van der Waals surface area contributed by atoms with Gasteiger partial charge in [0.25, 0.3) is 0 Å². The van der Waals surface area contributed by atoms with Crippen molar-refractivity contribution >= 4 is 33.5 Å². The smallest absolute Gasteiger partial charge is 0.0981 e. The molecular formula is C13H16N2S2. The number of nitrogens with zero attached hydrogens (tertiary/aromatic N) is 1. The van der Waals surface area contributed by atoms with E-state index in [-0.39, 0.29) is 0 Å². The number of hydrogen-bond donors (Lipinski definition) is 1. The number of fused-ring (bicyclic) bond motifs is 1. The second-order valence-corrected chi connectivity index (χ2v) is 6.53. The van der Waals surface area contributed by atoms with Crippen molar-refractivity contribution in [1.29, 1.82) is 0 Å². The van der Waals surface area contributed by atoms with Gasteiger partial charge in [0.2, 0.25) is 0 Å². The second kappa shape index (κ2) is 4.96. The molecular weight excluding hydrogens is 248 g/mol. The topological polar surface area (TPSA) is 38.9 Å². The first-order valence-corrected chi connectivity index (χ1v) is 7.85.